The van der Waals surface area contributed by atoms with Gasteiger partial charge in [0.05, 0.1) is 5.75 Å². The van der Waals surface area contributed by atoms with E-state index in [0.717, 1.165) is 11.3 Å². The van der Waals surface area contributed by atoms with E-state index in [1.807, 2.05) is 49.4 Å². The molecule has 0 aliphatic heterocycles. The monoisotopic (exact) mass is 370 g/mol. The van der Waals surface area contributed by atoms with Gasteiger partial charge in [-0.2, -0.15) is 0 Å². The van der Waals surface area contributed by atoms with Gasteiger partial charge in [0.2, 0.25) is 11.8 Å². The van der Waals surface area contributed by atoms with Gasteiger partial charge in [0.15, 0.2) is 0 Å². The van der Waals surface area contributed by atoms with E-state index in [0.29, 0.717) is 12.3 Å². The quantitative estimate of drug-likeness (QED) is 0.775. The van der Waals surface area contributed by atoms with E-state index >= 15 is 0 Å². The average Bonchev–Trinajstić information content (AvgIpc) is 2.67. The number of rotatable bonds is 8. The average molecular weight is 371 g/mol. The molecule has 0 bridgehead atoms. The zero-order chi connectivity index (χ0) is 18.9. The van der Waals surface area contributed by atoms with Crippen LogP contribution in [0.1, 0.15) is 23.6 Å². The second kappa shape index (κ2) is 10.0. The highest BCUT2D eigenvalue weighted by atomic mass is 32.2. The molecule has 0 saturated carbocycles. The Morgan fingerprint density at radius 2 is 1.69 bits per heavy atom. The molecule has 2 aromatic rings. The van der Waals surface area contributed by atoms with Crippen LogP contribution in [-0.2, 0) is 21.9 Å². The van der Waals surface area contributed by atoms with Gasteiger partial charge in [0.1, 0.15) is 6.04 Å². The van der Waals surface area contributed by atoms with Crippen LogP contribution in [0.25, 0.3) is 0 Å². The first kappa shape index (κ1) is 20.0. The SMILES string of the molecule is CNC(=O)C(C)N(Cc1ccc(C)cc1)C(=O)CSCc1ccccc1. The van der Waals surface area contributed by atoms with Crippen molar-refractivity contribution in [3.63, 3.8) is 0 Å². The second-order valence-electron chi connectivity index (χ2n) is 6.28. The van der Waals surface area contributed by atoms with Crippen molar-refractivity contribution in [2.45, 2.75) is 32.2 Å². The number of thioether (sulfide) groups is 1. The summed E-state index contributed by atoms with van der Waals surface area (Å²) in [4.78, 5) is 26.5. The minimum atomic E-state index is -0.508. The van der Waals surface area contributed by atoms with Crippen LogP contribution in [0, 0.1) is 6.92 Å². The van der Waals surface area contributed by atoms with Gasteiger partial charge in [-0.3, -0.25) is 9.59 Å². The van der Waals surface area contributed by atoms with Crippen molar-refractivity contribution in [2.24, 2.45) is 0 Å². The third-order valence-corrected chi connectivity index (χ3v) is 5.21. The fourth-order valence-corrected chi connectivity index (χ4v) is 3.47. The number of hydrogen-bond acceptors (Lipinski definition) is 3. The molecule has 1 atom stereocenters. The molecule has 0 heterocycles. The summed E-state index contributed by atoms with van der Waals surface area (Å²) in [6.45, 7) is 4.23. The van der Waals surface area contributed by atoms with Crippen molar-refractivity contribution in [2.75, 3.05) is 12.8 Å². The Labute approximate surface area is 160 Å². The molecule has 4 nitrogen and oxygen atoms in total. The van der Waals surface area contributed by atoms with Crippen molar-refractivity contribution in [3.05, 3.63) is 71.3 Å². The lowest BCUT2D eigenvalue weighted by molar-refractivity contribution is -0.138. The first-order valence-electron chi connectivity index (χ1n) is 8.69. The van der Waals surface area contributed by atoms with E-state index in [9.17, 15) is 9.59 Å². The van der Waals surface area contributed by atoms with Crippen LogP contribution >= 0.6 is 11.8 Å². The fraction of sp³-hybridized carbons (Fsp3) is 0.333. The van der Waals surface area contributed by atoms with E-state index in [4.69, 9.17) is 0 Å². The van der Waals surface area contributed by atoms with Crippen LogP contribution in [0.15, 0.2) is 54.6 Å². The number of carbonyl (C=O) groups excluding carboxylic acids is 2. The van der Waals surface area contributed by atoms with E-state index in [-0.39, 0.29) is 11.8 Å². The zero-order valence-corrected chi connectivity index (χ0v) is 16.4. The summed E-state index contributed by atoms with van der Waals surface area (Å²) in [7, 11) is 1.59. The second-order valence-corrected chi connectivity index (χ2v) is 7.26. The highest BCUT2D eigenvalue weighted by Gasteiger charge is 2.25. The predicted molar refractivity (Wildman–Crippen MR) is 108 cm³/mol. The molecule has 0 fully saturated rings. The lowest BCUT2D eigenvalue weighted by atomic mass is 10.1. The van der Waals surface area contributed by atoms with Gasteiger partial charge in [-0.25, -0.2) is 0 Å². The summed E-state index contributed by atoms with van der Waals surface area (Å²) >= 11 is 1.57. The first-order valence-corrected chi connectivity index (χ1v) is 9.85. The molecule has 2 aromatic carbocycles. The highest BCUT2D eigenvalue weighted by Crippen LogP contribution is 2.16. The number of amides is 2. The zero-order valence-electron chi connectivity index (χ0n) is 15.6. The number of aryl methyl sites for hydroxylation is 1. The molecule has 26 heavy (non-hydrogen) atoms. The Kier molecular flexibility index (Phi) is 7.73. The molecule has 1 N–H and O–H groups in total. The van der Waals surface area contributed by atoms with Gasteiger partial charge in [-0.1, -0.05) is 60.2 Å². The standard InChI is InChI=1S/C21H26N2O2S/c1-16-9-11-18(12-10-16)13-23(17(2)21(25)22-3)20(24)15-26-14-19-7-5-4-6-8-19/h4-12,17H,13-15H2,1-3H3,(H,22,25). The molecule has 1 unspecified atom stereocenters. The number of benzene rings is 2. The van der Waals surface area contributed by atoms with E-state index in [1.54, 1.807) is 30.6 Å². The van der Waals surface area contributed by atoms with Crippen LogP contribution in [0.4, 0.5) is 0 Å². The van der Waals surface area contributed by atoms with Crippen molar-refractivity contribution in [1.82, 2.24) is 10.2 Å². The van der Waals surface area contributed by atoms with Crippen molar-refractivity contribution in [1.29, 1.82) is 0 Å². The molecular formula is C21H26N2O2S. The maximum absolute atomic E-state index is 12.8. The van der Waals surface area contributed by atoms with Gasteiger partial charge in [0, 0.05) is 19.3 Å². The van der Waals surface area contributed by atoms with Crippen LogP contribution in [0.5, 0.6) is 0 Å². The molecule has 5 heteroatoms. The summed E-state index contributed by atoms with van der Waals surface area (Å²) < 4.78 is 0. The van der Waals surface area contributed by atoms with Gasteiger partial charge >= 0.3 is 0 Å². The van der Waals surface area contributed by atoms with Crippen LogP contribution in [0.3, 0.4) is 0 Å². The van der Waals surface area contributed by atoms with Crippen LogP contribution in [-0.4, -0.2) is 35.6 Å². The van der Waals surface area contributed by atoms with Gasteiger partial charge in [-0.05, 0) is 25.0 Å². The minimum absolute atomic E-state index is 0.0254. The summed E-state index contributed by atoms with van der Waals surface area (Å²) in [6.07, 6.45) is 0. The van der Waals surface area contributed by atoms with Crippen molar-refractivity contribution < 1.29 is 9.59 Å². The Morgan fingerprint density at radius 1 is 1.04 bits per heavy atom. The first-order chi connectivity index (χ1) is 12.5. The van der Waals surface area contributed by atoms with Crippen LogP contribution < -0.4 is 5.32 Å². The number of likely N-dealkylation sites (N-methyl/N-ethyl adjacent to an activating group) is 1. The normalized spacial score (nSPS) is 11.7. The van der Waals surface area contributed by atoms with Crippen LogP contribution in [0.2, 0.25) is 0 Å². The van der Waals surface area contributed by atoms with Gasteiger partial charge in [0.25, 0.3) is 0 Å². The van der Waals surface area contributed by atoms with E-state index in [2.05, 4.69) is 17.4 Å². The van der Waals surface area contributed by atoms with Gasteiger partial charge in [-0.15, -0.1) is 11.8 Å². The Balaban J connectivity index is 2.02. The number of carbonyl (C=O) groups is 2. The molecule has 2 rings (SSSR count). The van der Waals surface area contributed by atoms with Crippen molar-refractivity contribution in [3.8, 4) is 0 Å². The third kappa shape index (κ3) is 5.92. The third-order valence-electron chi connectivity index (χ3n) is 4.22. The molecule has 0 aromatic heterocycles. The maximum Gasteiger partial charge on any atom is 0.242 e. The number of hydrogen-bond donors (Lipinski definition) is 1. The molecule has 0 aliphatic carbocycles. The summed E-state index contributed by atoms with van der Waals surface area (Å²) in [5.74, 6) is 0.947. The lowest BCUT2D eigenvalue weighted by Gasteiger charge is -2.28. The molecule has 138 valence electrons. The number of nitrogens with one attached hydrogen (secondary N) is 1. The Morgan fingerprint density at radius 3 is 2.31 bits per heavy atom. The van der Waals surface area contributed by atoms with E-state index < -0.39 is 6.04 Å². The predicted octanol–water partition coefficient (Wildman–Crippen LogP) is 3.39. The summed E-state index contributed by atoms with van der Waals surface area (Å²) in [5.41, 5.74) is 3.38. The molecule has 0 saturated heterocycles. The maximum atomic E-state index is 12.8. The summed E-state index contributed by atoms with van der Waals surface area (Å²) in [5, 5.41) is 2.64. The fourth-order valence-electron chi connectivity index (χ4n) is 2.60. The molecular weight excluding hydrogens is 344 g/mol. The Hall–Kier alpha value is -2.27. The van der Waals surface area contributed by atoms with Crippen molar-refractivity contribution >= 4 is 23.6 Å². The highest BCUT2D eigenvalue weighted by molar-refractivity contribution is 7.99. The number of nitrogens with zero attached hydrogens (tertiary/aromatic N) is 1. The lowest BCUT2D eigenvalue weighted by Crippen LogP contribution is -2.47. The minimum Gasteiger partial charge on any atom is -0.357 e. The largest absolute Gasteiger partial charge is 0.357 e. The molecule has 2 amide bonds. The van der Waals surface area contributed by atoms with E-state index in [1.165, 1.54) is 11.1 Å². The van der Waals surface area contributed by atoms with Gasteiger partial charge < -0.3 is 10.2 Å². The smallest absolute Gasteiger partial charge is 0.242 e. The molecule has 0 aliphatic rings. The topological polar surface area (TPSA) is 49.4 Å². The molecule has 0 radical (unpaired) electrons. The Bertz CT molecular complexity index is 717. The molecule has 0 spiro atoms. The summed E-state index contributed by atoms with van der Waals surface area (Å²) in [6, 6.07) is 17.6.